The smallest absolute Gasteiger partial charge is 0.336 e. The number of carboxylic acid groups (broad SMARTS) is 1. The summed E-state index contributed by atoms with van der Waals surface area (Å²) in [5.74, 6) is -1.12. The van der Waals surface area contributed by atoms with Crippen molar-refractivity contribution in [2.75, 3.05) is 11.9 Å². The van der Waals surface area contributed by atoms with Crippen LogP contribution in [0.1, 0.15) is 36.2 Å². The van der Waals surface area contributed by atoms with Gasteiger partial charge >= 0.3 is 5.97 Å². The average Bonchev–Trinajstić information content (AvgIpc) is 2.31. The molecular weight excluding hydrogens is 244 g/mol. The molecule has 1 atom stereocenters. The van der Waals surface area contributed by atoms with E-state index in [4.69, 9.17) is 5.11 Å². The second-order valence-corrected chi connectivity index (χ2v) is 4.55. The van der Waals surface area contributed by atoms with E-state index in [1.54, 1.807) is 19.1 Å². The number of anilines is 1. The molecule has 0 spiro atoms. The first-order valence-electron chi connectivity index (χ1n) is 6.31. The minimum absolute atomic E-state index is 0.0920. The highest BCUT2D eigenvalue weighted by molar-refractivity contribution is 5.94. The van der Waals surface area contributed by atoms with Crippen LogP contribution in [0.15, 0.2) is 18.2 Å². The van der Waals surface area contributed by atoms with Gasteiger partial charge in [-0.3, -0.25) is 4.79 Å². The molecule has 0 bridgehead atoms. The summed E-state index contributed by atoms with van der Waals surface area (Å²) in [4.78, 5) is 22.8. The Morgan fingerprint density at radius 3 is 2.63 bits per heavy atom. The number of amides is 1. The highest BCUT2D eigenvalue weighted by Crippen LogP contribution is 2.15. The third kappa shape index (κ3) is 4.71. The van der Waals surface area contributed by atoms with Crippen molar-refractivity contribution in [2.24, 2.45) is 0 Å². The van der Waals surface area contributed by atoms with Crippen LogP contribution in [0.2, 0.25) is 0 Å². The van der Waals surface area contributed by atoms with Crippen molar-refractivity contribution in [1.82, 2.24) is 5.32 Å². The molecule has 104 valence electrons. The molecule has 5 nitrogen and oxygen atoms in total. The summed E-state index contributed by atoms with van der Waals surface area (Å²) in [6.45, 7) is 6.44. The Bertz CT molecular complexity index is 472. The monoisotopic (exact) mass is 264 g/mol. The molecule has 0 aliphatic heterocycles. The summed E-state index contributed by atoms with van der Waals surface area (Å²) in [7, 11) is 0. The lowest BCUT2D eigenvalue weighted by molar-refractivity contribution is -0.116. The molecule has 3 N–H and O–H groups in total. The standard InChI is InChI=1S/C14H20N2O3/c1-4-15-10(3)7-13(17)16-11-6-5-9(2)12(8-11)14(18)19/h5-6,8,10,15H,4,7H2,1-3H3,(H,16,17)(H,18,19). The maximum Gasteiger partial charge on any atom is 0.336 e. The van der Waals surface area contributed by atoms with Crippen molar-refractivity contribution in [3.05, 3.63) is 29.3 Å². The number of carboxylic acids is 1. The summed E-state index contributed by atoms with van der Waals surface area (Å²) < 4.78 is 0. The van der Waals surface area contributed by atoms with Crippen molar-refractivity contribution >= 4 is 17.6 Å². The predicted molar refractivity (Wildman–Crippen MR) is 74.5 cm³/mol. The van der Waals surface area contributed by atoms with Crippen LogP contribution in [0, 0.1) is 6.92 Å². The van der Waals surface area contributed by atoms with E-state index in [0.29, 0.717) is 17.7 Å². The van der Waals surface area contributed by atoms with Gasteiger partial charge in [-0.05, 0) is 38.1 Å². The third-order valence-electron chi connectivity index (χ3n) is 2.80. The number of hydrogen-bond donors (Lipinski definition) is 3. The van der Waals surface area contributed by atoms with Gasteiger partial charge in [0, 0.05) is 18.2 Å². The summed E-state index contributed by atoms with van der Waals surface area (Å²) >= 11 is 0. The number of aryl methyl sites for hydroxylation is 1. The fourth-order valence-electron chi connectivity index (χ4n) is 1.84. The van der Waals surface area contributed by atoms with Crippen LogP contribution in [-0.2, 0) is 4.79 Å². The average molecular weight is 264 g/mol. The van der Waals surface area contributed by atoms with E-state index in [0.717, 1.165) is 6.54 Å². The van der Waals surface area contributed by atoms with Crippen molar-refractivity contribution in [3.63, 3.8) is 0 Å². The molecule has 1 amide bonds. The third-order valence-corrected chi connectivity index (χ3v) is 2.80. The van der Waals surface area contributed by atoms with E-state index < -0.39 is 5.97 Å². The lowest BCUT2D eigenvalue weighted by atomic mass is 10.1. The zero-order valence-corrected chi connectivity index (χ0v) is 11.5. The molecular formula is C14H20N2O3. The molecule has 0 fully saturated rings. The second kappa shape index (κ2) is 6.89. The van der Waals surface area contributed by atoms with Gasteiger partial charge < -0.3 is 15.7 Å². The van der Waals surface area contributed by atoms with Crippen LogP contribution in [0.5, 0.6) is 0 Å². The van der Waals surface area contributed by atoms with Crippen LogP contribution in [0.4, 0.5) is 5.69 Å². The van der Waals surface area contributed by atoms with E-state index in [1.807, 2.05) is 13.8 Å². The van der Waals surface area contributed by atoms with E-state index in [-0.39, 0.29) is 17.5 Å². The number of aromatic carboxylic acids is 1. The van der Waals surface area contributed by atoms with Crippen LogP contribution < -0.4 is 10.6 Å². The lowest BCUT2D eigenvalue weighted by Gasteiger charge is -2.12. The molecule has 0 heterocycles. The van der Waals surface area contributed by atoms with Crippen LogP contribution in [-0.4, -0.2) is 29.6 Å². The van der Waals surface area contributed by atoms with Gasteiger partial charge in [0.05, 0.1) is 5.56 Å². The summed E-state index contributed by atoms with van der Waals surface area (Å²) in [5, 5.41) is 14.9. The zero-order chi connectivity index (χ0) is 14.4. The minimum atomic E-state index is -0.991. The first kappa shape index (κ1) is 15.2. The van der Waals surface area contributed by atoms with E-state index in [2.05, 4.69) is 10.6 Å². The number of carbonyl (C=O) groups is 2. The molecule has 0 aromatic heterocycles. The molecule has 0 aliphatic carbocycles. The maximum atomic E-state index is 11.8. The molecule has 0 saturated carbocycles. The maximum absolute atomic E-state index is 11.8. The molecule has 0 aliphatic rings. The molecule has 5 heteroatoms. The molecule has 1 aromatic rings. The number of hydrogen-bond acceptors (Lipinski definition) is 3. The fraction of sp³-hybridized carbons (Fsp3) is 0.429. The number of rotatable bonds is 6. The quantitative estimate of drug-likeness (QED) is 0.734. The molecule has 0 radical (unpaired) electrons. The summed E-state index contributed by atoms with van der Waals surface area (Å²) in [5.41, 5.74) is 1.39. The van der Waals surface area contributed by atoms with Gasteiger partial charge in [-0.1, -0.05) is 13.0 Å². The SMILES string of the molecule is CCNC(C)CC(=O)Nc1ccc(C)c(C(=O)O)c1. The van der Waals surface area contributed by atoms with Gasteiger partial charge in [0.2, 0.25) is 5.91 Å². The molecule has 1 aromatic carbocycles. The van der Waals surface area contributed by atoms with Gasteiger partial charge in [-0.2, -0.15) is 0 Å². The van der Waals surface area contributed by atoms with Crippen LogP contribution in [0.25, 0.3) is 0 Å². The summed E-state index contributed by atoms with van der Waals surface area (Å²) in [6, 6.07) is 4.96. The molecule has 1 unspecified atom stereocenters. The van der Waals surface area contributed by atoms with Crippen LogP contribution >= 0.6 is 0 Å². The molecule has 1 rings (SSSR count). The van der Waals surface area contributed by atoms with Gasteiger partial charge in [0.1, 0.15) is 0 Å². The van der Waals surface area contributed by atoms with Crippen molar-refractivity contribution in [2.45, 2.75) is 33.2 Å². The van der Waals surface area contributed by atoms with Crippen molar-refractivity contribution in [1.29, 1.82) is 0 Å². The molecule has 0 saturated heterocycles. The Balaban J connectivity index is 2.69. The predicted octanol–water partition coefficient (Wildman–Crippen LogP) is 2.02. The topological polar surface area (TPSA) is 78.4 Å². The van der Waals surface area contributed by atoms with Gasteiger partial charge in [-0.15, -0.1) is 0 Å². The lowest BCUT2D eigenvalue weighted by Crippen LogP contribution is -2.30. The first-order chi connectivity index (χ1) is 8.93. The van der Waals surface area contributed by atoms with E-state index >= 15 is 0 Å². The Labute approximate surface area is 113 Å². The molecule has 19 heavy (non-hydrogen) atoms. The van der Waals surface area contributed by atoms with Gasteiger partial charge in [0.15, 0.2) is 0 Å². The van der Waals surface area contributed by atoms with Crippen molar-refractivity contribution < 1.29 is 14.7 Å². The van der Waals surface area contributed by atoms with Gasteiger partial charge in [-0.25, -0.2) is 4.79 Å². The van der Waals surface area contributed by atoms with Crippen molar-refractivity contribution in [3.8, 4) is 0 Å². The second-order valence-electron chi connectivity index (χ2n) is 4.55. The zero-order valence-electron chi connectivity index (χ0n) is 11.5. The Morgan fingerprint density at radius 2 is 2.05 bits per heavy atom. The minimum Gasteiger partial charge on any atom is -0.478 e. The number of nitrogens with one attached hydrogen (secondary N) is 2. The fourth-order valence-corrected chi connectivity index (χ4v) is 1.84. The van der Waals surface area contributed by atoms with Gasteiger partial charge in [0.25, 0.3) is 0 Å². The first-order valence-corrected chi connectivity index (χ1v) is 6.31. The Kier molecular flexibility index (Phi) is 5.51. The Hall–Kier alpha value is -1.88. The Morgan fingerprint density at radius 1 is 1.37 bits per heavy atom. The normalized spacial score (nSPS) is 11.9. The number of carbonyl (C=O) groups excluding carboxylic acids is 1. The number of benzene rings is 1. The van der Waals surface area contributed by atoms with E-state index in [9.17, 15) is 9.59 Å². The highest BCUT2D eigenvalue weighted by Gasteiger charge is 2.11. The van der Waals surface area contributed by atoms with E-state index in [1.165, 1.54) is 6.07 Å². The van der Waals surface area contributed by atoms with Crippen LogP contribution in [0.3, 0.4) is 0 Å². The highest BCUT2D eigenvalue weighted by atomic mass is 16.4. The largest absolute Gasteiger partial charge is 0.478 e. The summed E-state index contributed by atoms with van der Waals surface area (Å²) in [6.07, 6.45) is 0.351.